The average molecular weight is 554 g/mol. The lowest BCUT2D eigenvalue weighted by Crippen LogP contribution is -2.44. The van der Waals surface area contributed by atoms with Crippen LogP contribution in [0, 0.1) is 5.92 Å². The van der Waals surface area contributed by atoms with Crippen LogP contribution in [0.2, 0.25) is 0 Å². The third kappa shape index (κ3) is 7.26. The van der Waals surface area contributed by atoms with Gasteiger partial charge in [-0.3, -0.25) is 19.3 Å². The van der Waals surface area contributed by atoms with Gasteiger partial charge in [-0.05, 0) is 79.7 Å². The number of primary amides is 1. The van der Waals surface area contributed by atoms with Gasteiger partial charge in [-0.25, -0.2) is 0 Å². The predicted molar refractivity (Wildman–Crippen MR) is 152 cm³/mol. The monoisotopic (exact) mass is 553 g/mol. The molecule has 0 saturated heterocycles. The Balaban J connectivity index is 2.15. The number of nitrogens with one attached hydrogen (secondary N) is 1. The lowest BCUT2D eigenvalue weighted by Gasteiger charge is -2.31. The van der Waals surface area contributed by atoms with Crippen molar-refractivity contribution in [2.75, 3.05) is 30.4 Å². The van der Waals surface area contributed by atoms with Crippen LogP contribution >= 0.6 is 11.5 Å². The molecule has 0 radical (unpaired) electrons. The number of hydrogen-bond donors (Lipinski definition) is 3. The Morgan fingerprint density at radius 1 is 0.974 bits per heavy atom. The van der Waals surface area contributed by atoms with Crippen molar-refractivity contribution in [3.63, 3.8) is 0 Å². The number of benzene rings is 2. The number of nitrogens with two attached hydrogens (primary N) is 2. The molecule has 11 heteroatoms. The van der Waals surface area contributed by atoms with Gasteiger partial charge in [-0.1, -0.05) is 26.0 Å². The van der Waals surface area contributed by atoms with Crippen LogP contribution in [0.1, 0.15) is 65.9 Å². The van der Waals surface area contributed by atoms with Crippen LogP contribution < -0.4 is 31.2 Å². The highest BCUT2D eigenvalue weighted by Crippen LogP contribution is 2.34. The van der Waals surface area contributed by atoms with Crippen molar-refractivity contribution in [2.24, 2.45) is 11.7 Å². The standard InChI is InChI=1S/C28H35N5O5S/c1-5-37-20-11-7-18(8-12-20)24(27(35)31-16-15-17(3)4)33(19-9-13-21(14-10-19)38-6-2)28(36)25-22(29)23(26(30)34)32-39-25/h7-14,17,24H,5-6,15-16,29H2,1-4H3,(H2,30,34)(H,31,35)/t24-/m1/s1. The van der Waals surface area contributed by atoms with Gasteiger partial charge in [0.1, 0.15) is 22.4 Å². The molecule has 39 heavy (non-hydrogen) atoms. The van der Waals surface area contributed by atoms with E-state index in [2.05, 4.69) is 23.5 Å². The van der Waals surface area contributed by atoms with Crippen molar-refractivity contribution in [3.05, 3.63) is 64.7 Å². The second-order valence-electron chi connectivity index (χ2n) is 9.12. The number of aromatic nitrogens is 1. The fourth-order valence-corrected chi connectivity index (χ4v) is 4.65. The minimum Gasteiger partial charge on any atom is -0.494 e. The van der Waals surface area contributed by atoms with Crippen LogP contribution in [0.5, 0.6) is 11.5 Å². The summed E-state index contributed by atoms with van der Waals surface area (Å²) in [4.78, 5) is 41.0. The highest BCUT2D eigenvalue weighted by atomic mass is 32.1. The van der Waals surface area contributed by atoms with Gasteiger partial charge in [0.25, 0.3) is 11.8 Å². The Hall–Kier alpha value is -4.12. The highest BCUT2D eigenvalue weighted by Gasteiger charge is 2.36. The second-order valence-corrected chi connectivity index (χ2v) is 9.89. The molecule has 5 N–H and O–H groups in total. The molecule has 0 saturated carbocycles. The van der Waals surface area contributed by atoms with Crippen molar-refractivity contribution in [1.82, 2.24) is 9.69 Å². The molecule has 0 aliphatic rings. The van der Waals surface area contributed by atoms with Crippen LogP contribution in [-0.4, -0.2) is 41.9 Å². The molecule has 0 fully saturated rings. The topological polar surface area (TPSA) is 150 Å². The van der Waals surface area contributed by atoms with Gasteiger partial charge in [0, 0.05) is 12.2 Å². The third-order valence-corrected chi connectivity index (χ3v) is 6.69. The van der Waals surface area contributed by atoms with Crippen LogP contribution in [0.25, 0.3) is 0 Å². The third-order valence-electron chi connectivity index (χ3n) is 5.83. The summed E-state index contributed by atoms with van der Waals surface area (Å²) in [5.74, 6) is -0.190. The van der Waals surface area contributed by atoms with Gasteiger partial charge in [0.15, 0.2) is 5.69 Å². The van der Waals surface area contributed by atoms with Gasteiger partial charge in [-0.15, -0.1) is 0 Å². The van der Waals surface area contributed by atoms with Crippen LogP contribution in [0.3, 0.4) is 0 Å². The van der Waals surface area contributed by atoms with Crippen LogP contribution in [0.4, 0.5) is 11.4 Å². The van der Waals surface area contributed by atoms with E-state index < -0.39 is 17.9 Å². The molecule has 10 nitrogen and oxygen atoms in total. The van der Waals surface area contributed by atoms with E-state index in [9.17, 15) is 14.4 Å². The molecule has 208 valence electrons. The van der Waals surface area contributed by atoms with Crippen molar-refractivity contribution in [1.29, 1.82) is 0 Å². The number of hydrogen-bond acceptors (Lipinski definition) is 8. The molecule has 3 rings (SSSR count). The lowest BCUT2D eigenvalue weighted by atomic mass is 10.0. The van der Waals surface area contributed by atoms with E-state index in [1.807, 2.05) is 13.8 Å². The van der Waals surface area contributed by atoms with Crippen molar-refractivity contribution >= 4 is 40.6 Å². The van der Waals surface area contributed by atoms with Crippen molar-refractivity contribution in [3.8, 4) is 11.5 Å². The van der Waals surface area contributed by atoms with E-state index in [1.54, 1.807) is 48.5 Å². The number of nitrogens with zero attached hydrogens (tertiary/aromatic N) is 2. The van der Waals surface area contributed by atoms with Gasteiger partial charge < -0.3 is 26.3 Å². The van der Waals surface area contributed by atoms with Gasteiger partial charge >= 0.3 is 0 Å². The maximum Gasteiger partial charge on any atom is 0.273 e. The summed E-state index contributed by atoms with van der Waals surface area (Å²) in [6, 6.07) is 12.7. The number of anilines is 2. The van der Waals surface area contributed by atoms with E-state index in [0.29, 0.717) is 48.4 Å². The molecular formula is C28H35N5O5S. The largest absolute Gasteiger partial charge is 0.494 e. The Bertz CT molecular complexity index is 1270. The number of ether oxygens (including phenoxy) is 2. The molecule has 0 aliphatic carbocycles. The summed E-state index contributed by atoms with van der Waals surface area (Å²) in [5, 5.41) is 2.97. The first-order chi connectivity index (χ1) is 18.7. The molecule has 0 aliphatic heterocycles. The summed E-state index contributed by atoms with van der Waals surface area (Å²) in [6.07, 6.45) is 0.766. The zero-order valence-electron chi connectivity index (χ0n) is 22.6. The molecule has 3 aromatic rings. The van der Waals surface area contributed by atoms with Crippen molar-refractivity contribution < 1.29 is 23.9 Å². The first-order valence-electron chi connectivity index (χ1n) is 12.8. The van der Waals surface area contributed by atoms with Crippen molar-refractivity contribution in [2.45, 2.75) is 40.2 Å². The Kier molecular flexibility index (Phi) is 10.3. The van der Waals surface area contributed by atoms with E-state index in [1.165, 1.54) is 4.90 Å². The molecule has 1 heterocycles. The van der Waals surface area contributed by atoms with Crippen LogP contribution in [0.15, 0.2) is 48.5 Å². The molecule has 0 spiro atoms. The number of nitrogen functional groups attached to an aromatic ring is 1. The SMILES string of the molecule is CCOc1ccc([C@H](C(=O)NCCC(C)C)N(C(=O)c2snc(C(N)=O)c2N)c2ccc(OCC)cc2)cc1. The molecule has 3 amide bonds. The fraction of sp³-hybridized carbons (Fsp3) is 0.357. The van der Waals surface area contributed by atoms with E-state index >= 15 is 0 Å². The normalized spacial score (nSPS) is 11.6. The minimum absolute atomic E-state index is 0.00333. The van der Waals surface area contributed by atoms with Crippen LogP contribution in [-0.2, 0) is 4.79 Å². The van der Waals surface area contributed by atoms with Gasteiger partial charge in [0.2, 0.25) is 5.91 Å². The summed E-state index contributed by atoms with van der Waals surface area (Å²) in [7, 11) is 0. The fourth-order valence-electron chi connectivity index (χ4n) is 3.90. The Labute approximate surface area is 232 Å². The molecular weight excluding hydrogens is 518 g/mol. The van der Waals surface area contributed by atoms with E-state index in [-0.39, 0.29) is 22.2 Å². The van der Waals surface area contributed by atoms with Gasteiger partial charge in [-0.2, -0.15) is 4.37 Å². The number of rotatable bonds is 13. The highest BCUT2D eigenvalue weighted by molar-refractivity contribution is 7.09. The maximum atomic E-state index is 14.1. The maximum absolute atomic E-state index is 14.1. The lowest BCUT2D eigenvalue weighted by molar-refractivity contribution is -0.122. The first-order valence-corrected chi connectivity index (χ1v) is 13.6. The molecule has 1 atom stereocenters. The van der Waals surface area contributed by atoms with E-state index in [0.717, 1.165) is 18.0 Å². The molecule has 1 aromatic heterocycles. The Morgan fingerprint density at radius 3 is 2.03 bits per heavy atom. The zero-order valence-corrected chi connectivity index (χ0v) is 23.4. The summed E-state index contributed by atoms with van der Waals surface area (Å²) >= 11 is 0.759. The summed E-state index contributed by atoms with van der Waals surface area (Å²) in [5.41, 5.74) is 12.2. The number of amides is 3. The summed E-state index contributed by atoms with van der Waals surface area (Å²) in [6.45, 7) is 9.28. The molecule has 0 bridgehead atoms. The molecule has 2 aromatic carbocycles. The number of carbonyl (C=O) groups excluding carboxylic acids is 3. The predicted octanol–water partition coefficient (Wildman–Crippen LogP) is 4.17. The minimum atomic E-state index is -1.07. The van der Waals surface area contributed by atoms with Gasteiger partial charge in [0.05, 0.1) is 18.9 Å². The average Bonchev–Trinajstić information content (AvgIpc) is 3.30. The van der Waals surface area contributed by atoms with E-state index in [4.69, 9.17) is 20.9 Å². The number of carbonyl (C=O) groups is 3. The zero-order chi connectivity index (χ0) is 28.5. The summed E-state index contributed by atoms with van der Waals surface area (Å²) < 4.78 is 15.1. The second kappa shape index (κ2) is 13.6. The smallest absolute Gasteiger partial charge is 0.273 e. The molecule has 0 unspecified atom stereocenters. The Morgan fingerprint density at radius 2 is 1.54 bits per heavy atom. The first kappa shape index (κ1) is 29.4. The quantitative estimate of drug-likeness (QED) is 0.287.